The first-order valence-corrected chi connectivity index (χ1v) is 4.61. The molecule has 92 valence electrons. The molecule has 4 N–H and O–H groups in total. The van der Waals surface area contributed by atoms with E-state index in [0.717, 1.165) is 0 Å². The minimum Gasteiger partial charge on any atom is -0.328 e. The van der Waals surface area contributed by atoms with Crippen molar-refractivity contribution in [3.63, 3.8) is 0 Å². The van der Waals surface area contributed by atoms with Crippen LogP contribution in [-0.4, -0.2) is 29.9 Å². The zero-order valence-corrected chi connectivity index (χ0v) is 9.07. The van der Waals surface area contributed by atoms with Crippen molar-refractivity contribution in [2.45, 2.75) is 24.3 Å². The van der Waals surface area contributed by atoms with E-state index in [9.17, 15) is 18.4 Å². The van der Waals surface area contributed by atoms with Crippen LogP contribution in [0.15, 0.2) is 0 Å². The molecule has 1 atom stereocenters. The molecule has 1 aliphatic carbocycles. The summed E-state index contributed by atoms with van der Waals surface area (Å²) in [6.45, 7) is -0.161. The van der Waals surface area contributed by atoms with Crippen LogP contribution in [0.1, 0.15) is 12.8 Å². The van der Waals surface area contributed by atoms with Crippen LogP contribution >= 0.6 is 12.4 Å². The van der Waals surface area contributed by atoms with E-state index in [4.69, 9.17) is 5.73 Å². The normalized spacial score (nSPS) is 32.4. The van der Waals surface area contributed by atoms with E-state index < -0.39 is 42.2 Å². The Morgan fingerprint density at radius 3 is 2.25 bits per heavy atom. The predicted octanol–water partition coefficient (Wildman–Crippen LogP) is -0.00960. The van der Waals surface area contributed by atoms with Gasteiger partial charge in [0.25, 0.3) is 5.91 Å². The molecule has 2 rings (SSSR count). The summed E-state index contributed by atoms with van der Waals surface area (Å²) >= 11 is 0. The fraction of sp³-hybridized carbons (Fsp3) is 0.750. The molecule has 8 heteroatoms. The van der Waals surface area contributed by atoms with Crippen molar-refractivity contribution in [1.82, 2.24) is 10.6 Å². The van der Waals surface area contributed by atoms with Crippen molar-refractivity contribution in [3.05, 3.63) is 0 Å². The number of amides is 3. The maximum absolute atomic E-state index is 12.7. The summed E-state index contributed by atoms with van der Waals surface area (Å²) in [5.41, 5.74) is 4.07. The molecule has 0 unspecified atom stereocenters. The largest absolute Gasteiger partial charge is 0.328 e. The fourth-order valence-corrected chi connectivity index (χ4v) is 2.11. The molecular weight excluding hydrogens is 244 g/mol. The molecule has 1 saturated carbocycles. The van der Waals surface area contributed by atoms with E-state index in [1.165, 1.54) is 0 Å². The third-order valence-corrected chi connectivity index (χ3v) is 3.08. The SMILES string of the molecule is Cl.NC[C@@]1(C2CC(F)(F)C2)NC(=O)NC1=O. The lowest BCUT2D eigenvalue weighted by Crippen LogP contribution is -2.63. The fourth-order valence-electron chi connectivity index (χ4n) is 2.11. The summed E-state index contributed by atoms with van der Waals surface area (Å²) in [5, 5.41) is 4.37. The van der Waals surface area contributed by atoms with Gasteiger partial charge in [0.1, 0.15) is 5.54 Å². The summed E-state index contributed by atoms with van der Waals surface area (Å²) in [6, 6.07) is -0.666. The van der Waals surface area contributed by atoms with Gasteiger partial charge in [-0.1, -0.05) is 0 Å². The molecule has 3 amide bonds. The third kappa shape index (κ3) is 1.73. The minimum atomic E-state index is -2.74. The van der Waals surface area contributed by atoms with E-state index in [1.807, 2.05) is 5.32 Å². The van der Waals surface area contributed by atoms with Crippen LogP contribution in [0, 0.1) is 5.92 Å². The Balaban J connectivity index is 0.00000128. The Labute approximate surface area is 96.5 Å². The highest BCUT2D eigenvalue weighted by Crippen LogP contribution is 2.48. The standard InChI is InChI=1S/C8H11F2N3O2.ClH/c9-7(10)1-4(2-7)8(3-11)5(14)12-6(15)13-8;/h4H,1-3,11H2,(H2,12,13,14,15);1H/t8-;/m0./s1. The Kier molecular flexibility index (Phi) is 3.13. The molecule has 0 radical (unpaired) electrons. The lowest BCUT2D eigenvalue weighted by Gasteiger charge is -2.44. The lowest BCUT2D eigenvalue weighted by atomic mass is 9.68. The van der Waals surface area contributed by atoms with E-state index in [2.05, 4.69) is 5.32 Å². The van der Waals surface area contributed by atoms with Gasteiger partial charge in [-0.05, 0) is 0 Å². The molecule has 0 aromatic heterocycles. The Morgan fingerprint density at radius 2 is 1.94 bits per heavy atom. The highest BCUT2D eigenvalue weighted by atomic mass is 35.5. The van der Waals surface area contributed by atoms with Crippen LogP contribution < -0.4 is 16.4 Å². The molecule has 2 aliphatic rings. The van der Waals surface area contributed by atoms with Crippen LogP contribution in [0.4, 0.5) is 13.6 Å². The van der Waals surface area contributed by atoms with Gasteiger partial charge in [0.05, 0.1) is 0 Å². The maximum Gasteiger partial charge on any atom is 0.322 e. The van der Waals surface area contributed by atoms with Crippen LogP contribution in [0.25, 0.3) is 0 Å². The second kappa shape index (κ2) is 3.81. The molecule has 0 aromatic carbocycles. The molecule has 2 fully saturated rings. The number of nitrogens with two attached hydrogens (primary N) is 1. The number of alkyl halides is 2. The van der Waals surface area contributed by atoms with Gasteiger partial charge in [0.15, 0.2) is 0 Å². The molecular formula is C8H12ClF2N3O2. The lowest BCUT2D eigenvalue weighted by molar-refractivity contribution is -0.147. The number of urea groups is 1. The summed E-state index contributed by atoms with van der Waals surface area (Å²) in [7, 11) is 0. The Hall–Kier alpha value is -0.950. The summed E-state index contributed by atoms with van der Waals surface area (Å²) < 4.78 is 25.4. The van der Waals surface area contributed by atoms with Crippen molar-refractivity contribution in [2.75, 3.05) is 6.54 Å². The first-order chi connectivity index (χ1) is 6.89. The number of hydrogen-bond donors (Lipinski definition) is 3. The number of nitrogens with one attached hydrogen (secondary N) is 2. The van der Waals surface area contributed by atoms with Gasteiger partial charge < -0.3 is 11.1 Å². The molecule has 1 aliphatic heterocycles. The van der Waals surface area contributed by atoms with E-state index in [0.29, 0.717) is 0 Å². The van der Waals surface area contributed by atoms with Crippen molar-refractivity contribution in [3.8, 4) is 0 Å². The number of hydrogen-bond acceptors (Lipinski definition) is 3. The number of imide groups is 1. The van der Waals surface area contributed by atoms with Crippen molar-refractivity contribution < 1.29 is 18.4 Å². The zero-order valence-electron chi connectivity index (χ0n) is 8.26. The second-order valence-electron chi connectivity index (χ2n) is 4.04. The topological polar surface area (TPSA) is 84.2 Å². The Bertz CT molecular complexity index is 331. The molecule has 0 bridgehead atoms. The van der Waals surface area contributed by atoms with Crippen LogP contribution in [-0.2, 0) is 4.79 Å². The van der Waals surface area contributed by atoms with Crippen molar-refractivity contribution in [1.29, 1.82) is 0 Å². The van der Waals surface area contributed by atoms with Crippen molar-refractivity contribution in [2.24, 2.45) is 11.7 Å². The molecule has 1 saturated heterocycles. The summed E-state index contributed by atoms with van der Waals surface area (Å²) in [4.78, 5) is 22.4. The number of halogens is 3. The number of carbonyl (C=O) groups excluding carboxylic acids is 2. The molecule has 16 heavy (non-hydrogen) atoms. The van der Waals surface area contributed by atoms with Gasteiger partial charge in [0, 0.05) is 25.3 Å². The van der Waals surface area contributed by atoms with Gasteiger partial charge in [-0.25, -0.2) is 13.6 Å². The highest BCUT2D eigenvalue weighted by Gasteiger charge is 2.60. The molecule has 1 heterocycles. The Morgan fingerprint density at radius 1 is 1.38 bits per heavy atom. The van der Waals surface area contributed by atoms with E-state index >= 15 is 0 Å². The highest BCUT2D eigenvalue weighted by molar-refractivity contribution is 6.07. The van der Waals surface area contributed by atoms with E-state index in [-0.39, 0.29) is 19.0 Å². The van der Waals surface area contributed by atoms with E-state index in [1.54, 1.807) is 0 Å². The van der Waals surface area contributed by atoms with Gasteiger partial charge in [-0.15, -0.1) is 12.4 Å². The summed E-state index contributed by atoms with van der Waals surface area (Å²) in [6.07, 6.45) is -0.810. The first-order valence-electron chi connectivity index (χ1n) is 4.61. The monoisotopic (exact) mass is 255 g/mol. The van der Waals surface area contributed by atoms with Gasteiger partial charge in [-0.2, -0.15) is 0 Å². The van der Waals surface area contributed by atoms with Crippen LogP contribution in [0.5, 0.6) is 0 Å². The number of carbonyl (C=O) groups is 2. The molecule has 5 nitrogen and oxygen atoms in total. The average Bonchev–Trinajstić information content (AvgIpc) is 2.37. The van der Waals surface area contributed by atoms with Crippen LogP contribution in [0.3, 0.4) is 0 Å². The van der Waals surface area contributed by atoms with Gasteiger partial charge in [0.2, 0.25) is 5.92 Å². The minimum absolute atomic E-state index is 0. The third-order valence-electron chi connectivity index (χ3n) is 3.08. The van der Waals surface area contributed by atoms with Gasteiger partial charge >= 0.3 is 6.03 Å². The van der Waals surface area contributed by atoms with Crippen LogP contribution in [0.2, 0.25) is 0 Å². The summed E-state index contributed by atoms with van der Waals surface area (Å²) in [5.74, 6) is -3.92. The second-order valence-corrected chi connectivity index (χ2v) is 4.04. The molecule has 0 spiro atoms. The van der Waals surface area contributed by atoms with Gasteiger partial charge in [-0.3, -0.25) is 10.1 Å². The smallest absolute Gasteiger partial charge is 0.322 e. The zero-order chi connectivity index (χ0) is 11.3. The first kappa shape index (κ1) is 13.1. The van der Waals surface area contributed by atoms with Crippen molar-refractivity contribution >= 4 is 24.3 Å². The quantitative estimate of drug-likeness (QED) is 0.607. The average molecular weight is 256 g/mol. The predicted molar refractivity (Wildman–Crippen MR) is 53.4 cm³/mol. The number of rotatable bonds is 2. The maximum atomic E-state index is 12.7. The molecule has 0 aromatic rings.